The van der Waals surface area contributed by atoms with Gasteiger partial charge in [0.2, 0.25) is 5.91 Å². The minimum absolute atomic E-state index is 0.268. The van der Waals surface area contributed by atoms with Gasteiger partial charge in [0.15, 0.2) is 0 Å². The van der Waals surface area contributed by atoms with Crippen LogP contribution < -0.4 is 10.6 Å². The molecular formula is C23H24F2N4O2S. The molecule has 1 atom stereocenters. The number of nitrogens with one attached hydrogen (secondary N) is 2. The summed E-state index contributed by atoms with van der Waals surface area (Å²) < 4.78 is 27.7. The van der Waals surface area contributed by atoms with E-state index < -0.39 is 35.1 Å². The van der Waals surface area contributed by atoms with E-state index in [-0.39, 0.29) is 5.92 Å². The average Bonchev–Trinajstić information content (AvgIpc) is 3.24. The van der Waals surface area contributed by atoms with E-state index in [1.165, 1.54) is 6.07 Å². The summed E-state index contributed by atoms with van der Waals surface area (Å²) in [5, 5.41) is 8.17. The van der Waals surface area contributed by atoms with Crippen molar-refractivity contribution in [3.63, 3.8) is 0 Å². The number of aromatic nitrogens is 2. The van der Waals surface area contributed by atoms with Gasteiger partial charge in [0.25, 0.3) is 5.91 Å². The molecule has 0 aliphatic carbocycles. The Morgan fingerprint density at radius 1 is 1.09 bits per heavy atom. The first-order valence-electron chi connectivity index (χ1n) is 10.2. The molecule has 3 aromatic rings. The van der Waals surface area contributed by atoms with Crippen LogP contribution in [0.4, 0.5) is 8.78 Å². The summed E-state index contributed by atoms with van der Waals surface area (Å²) in [6.07, 6.45) is 4.79. The molecular weight excluding hydrogens is 434 g/mol. The lowest BCUT2D eigenvalue weighted by atomic mass is 10.0. The number of benzene rings is 1. The minimum Gasteiger partial charge on any atom is -0.354 e. The lowest BCUT2D eigenvalue weighted by Gasteiger charge is -2.22. The third-order valence-electron chi connectivity index (χ3n) is 4.82. The van der Waals surface area contributed by atoms with Gasteiger partial charge in [-0.3, -0.25) is 14.6 Å². The third-order valence-corrected chi connectivity index (χ3v) is 5.73. The van der Waals surface area contributed by atoms with Crippen LogP contribution in [0.1, 0.15) is 35.6 Å². The molecule has 0 spiro atoms. The van der Waals surface area contributed by atoms with Crippen LogP contribution in [0.3, 0.4) is 0 Å². The number of thiazole rings is 1. The van der Waals surface area contributed by atoms with Gasteiger partial charge in [-0.25, -0.2) is 13.8 Å². The summed E-state index contributed by atoms with van der Waals surface area (Å²) in [4.78, 5) is 33.5. The molecule has 2 N–H and O–H groups in total. The van der Waals surface area contributed by atoms with Gasteiger partial charge in [-0.15, -0.1) is 11.3 Å². The number of halogens is 2. The van der Waals surface area contributed by atoms with Crippen LogP contribution in [0.15, 0.2) is 48.1 Å². The monoisotopic (exact) mass is 458 g/mol. The number of hydrogen-bond donors (Lipinski definition) is 2. The van der Waals surface area contributed by atoms with Gasteiger partial charge in [-0.05, 0) is 36.6 Å². The fourth-order valence-corrected chi connectivity index (χ4v) is 3.95. The Hall–Kier alpha value is -3.20. The molecule has 3 rings (SSSR count). The smallest absolute Gasteiger partial charge is 0.257 e. The average molecular weight is 459 g/mol. The van der Waals surface area contributed by atoms with E-state index >= 15 is 0 Å². The van der Waals surface area contributed by atoms with Crippen molar-refractivity contribution in [3.8, 4) is 11.3 Å². The lowest BCUT2D eigenvalue weighted by molar-refractivity contribution is -0.123. The Morgan fingerprint density at radius 2 is 1.78 bits per heavy atom. The Kier molecular flexibility index (Phi) is 7.99. The van der Waals surface area contributed by atoms with Gasteiger partial charge in [-0.1, -0.05) is 19.9 Å². The number of carbonyl (C=O) groups is 2. The van der Waals surface area contributed by atoms with Gasteiger partial charge < -0.3 is 10.6 Å². The highest BCUT2D eigenvalue weighted by Gasteiger charge is 2.27. The molecule has 0 saturated carbocycles. The van der Waals surface area contributed by atoms with E-state index in [2.05, 4.69) is 20.6 Å². The summed E-state index contributed by atoms with van der Waals surface area (Å²) in [7, 11) is 0. The number of rotatable bonds is 9. The van der Waals surface area contributed by atoms with Crippen molar-refractivity contribution in [2.45, 2.75) is 32.7 Å². The molecule has 0 saturated heterocycles. The predicted octanol–water partition coefficient (Wildman–Crippen LogP) is 3.99. The second-order valence-electron chi connectivity index (χ2n) is 7.55. The van der Waals surface area contributed by atoms with Crippen LogP contribution in [0.5, 0.6) is 0 Å². The highest BCUT2D eigenvalue weighted by atomic mass is 32.1. The van der Waals surface area contributed by atoms with Crippen LogP contribution in [-0.2, 0) is 11.2 Å². The quantitative estimate of drug-likeness (QED) is 0.475. The Balaban J connectivity index is 1.51. The molecule has 0 aliphatic heterocycles. The Morgan fingerprint density at radius 3 is 2.44 bits per heavy atom. The van der Waals surface area contributed by atoms with Crippen LogP contribution in [0.2, 0.25) is 0 Å². The van der Waals surface area contributed by atoms with Crippen LogP contribution >= 0.6 is 11.3 Å². The van der Waals surface area contributed by atoms with Crippen molar-refractivity contribution in [3.05, 3.63) is 70.3 Å². The van der Waals surface area contributed by atoms with Gasteiger partial charge in [0.1, 0.15) is 23.2 Å². The summed E-state index contributed by atoms with van der Waals surface area (Å²) >= 11 is 1.55. The topological polar surface area (TPSA) is 84.0 Å². The fourth-order valence-electron chi connectivity index (χ4n) is 3.11. The number of pyridine rings is 1. The molecule has 0 aliphatic rings. The van der Waals surface area contributed by atoms with Gasteiger partial charge in [0.05, 0.1) is 10.7 Å². The van der Waals surface area contributed by atoms with Crippen molar-refractivity contribution >= 4 is 23.2 Å². The highest BCUT2D eigenvalue weighted by Crippen LogP contribution is 2.21. The molecule has 0 radical (unpaired) electrons. The van der Waals surface area contributed by atoms with E-state index in [1.54, 1.807) is 37.6 Å². The summed E-state index contributed by atoms with van der Waals surface area (Å²) in [5.74, 6) is -3.57. The summed E-state index contributed by atoms with van der Waals surface area (Å²) in [5.41, 5.74) is 1.19. The Labute approximate surface area is 189 Å². The van der Waals surface area contributed by atoms with E-state index in [9.17, 15) is 18.4 Å². The summed E-state index contributed by atoms with van der Waals surface area (Å²) in [6.45, 7) is 3.88. The maximum Gasteiger partial charge on any atom is 0.257 e. The number of aryl methyl sites for hydroxylation is 1. The second kappa shape index (κ2) is 10.9. The van der Waals surface area contributed by atoms with Crippen molar-refractivity contribution in [2.75, 3.05) is 6.54 Å². The molecule has 6 nitrogen and oxygen atoms in total. The maximum atomic E-state index is 13.9. The van der Waals surface area contributed by atoms with E-state index in [0.717, 1.165) is 28.4 Å². The van der Waals surface area contributed by atoms with Crippen molar-refractivity contribution in [1.82, 2.24) is 20.6 Å². The van der Waals surface area contributed by atoms with E-state index in [0.29, 0.717) is 19.4 Å². The summed E-state index contributed by atoms with van der Waals surface area (Å²) in [6, 6.07) is 6.05. The fraction of sp³-hybridized carbons (Fsp3) is 0.304. The first-order valence-corrected chi connectivity index (χ1v) is 11.1. The highest BCUT2D eigenvalue weighted by molar-refractivity contribution is 7.09. The Bertz CT molecular complexity index is 1050. The molecule has 0 bridgehead atoms. The SMILES string of the molecule is CC(C)C(NC(=O)c1c(F)cccc1F)C(=O)NCCCc1nc(-c2ccncc2)cs1. The number of hydrogen-bond acceptors (Lipinski definition) is 5. The zero-order valence-corrected chi connectivity index (χ0v) is 18.6. The van der Waals surface area contributed by atoms with Crippen molar-refractivity contribution in [2.24, 2.45) is 5.92 Å². The van der Waals surface area contributed by atoms with Crippen LogP contribution in [0.25, 0.3) is 11.3 Å². The molecule has 2 amide bonds. The maximum absolute atomic E-state index is 13.9. The molecule has 2 aromatic heterocycles. The number of nitrogens with zero attached hydrogens (tertiary/aromatic N) is 2. The molecule has 168 valence electrons. The zero-order chi connectivity index (χ0) is 23.1. The first kappa shape index (κ1) is 23.5. The molecule has 9 heteroatoms. The lowest BCUT2D eigenvalue weighted by Crippen LogP contribution is -2.50. The second-order valence-corrected chi connectivity index (χ2v) is 8.49. The van der Waals surface area contributed by atoms with Gasteiger partial charge in [-0.2, -0.15) is 0 Å². The molecule has 1 unspecified atom stereocenters. The van der Waals surface area contributed by atoms with Crippen molar-refractivity contribution in [1.29, 1.82) is 0 Å². The van der Waals surface area contributed by atoms with Crippen LogP contribution in [0, 0.1) is 17.6 Å². The normalized spacial score (nSPS) is 11.9. The molecule has 0 fully saturated rings. The van der Waals surface area contributed by atoms with E-state index in [4.69, 9.17) is 0 Å². The number of carbonyl (C=O) groups excluding carboxylic acids is 2. The first-order chi connectivity index (χ1) is 15.4. The standard InChI is InChI=1S/C23H24F2N4O2S/c1-14(2)21(29-22(30)20-16(24)5-3-6-17(20)25)23(31)27-10-4-7-19-28-18(13-32-19)15-8-11-26-12-9-15/h3,5-6,8-9,11-14,21H,4,7,10H2,1-2H3,(H,27,31)(H,29,30). The largest absolute Gasteiger partial charge is 0.354 e. The molecule has 2 heterocycles. The molecule has 1 aromatic carbocycles. The predicted molar refractivity (Wildman–Crippen MR) is 119 cm³/mol. The van der Waals surface area contributed by atoms with Crippen LogP contribution in [-0.4, -0.2) is 34.4 Å². The van der Waals surface area contributed by atoms with Gasteiger partial charge >= 0.3 is 0 Å². The van der Waals surface area contributed by atoms with E-state index in [1.807, 2.05) is 17.5 Å². The number of amides is 2. The third kappa shape index (κ3) is 5.94. The van der Waals surface area contributed by atoms with Crippen molar-refractivity contribution < 1.29 is 18.4 Å². The zero-order valence-electron chi connectivity index (χ0n) is 17.8. The van der Waals surface area contributed by atoms with Gasteiger partial charge in [0, 0.05) is 36.3 Å². The molecule has 32 heavy (non-hydrogen) atoms. The minimum atomic E-state index is -0.972.